The third-order valence-corrected chi connectivity index (χ3v) is 2.68. The van der Waals surface area contributed by atoms with E-state index in [9.17, 15) is 8.78 Å². The van der Waals surface area contributed by atoms with Crippen molar-refractivity contribution in [3.63, 3.8) is 0 Å². The van der Waals surface area contributed by atoms with Gasteiger partial charge in [0.05, 0.1) is 6.04 Å². The average molecular weight is 237 g/mol. The number of halogens is 2. The Kier molecular flexibility index (Phi) is 3.19. The SMILES string of the molecule is Cc1nccn1CC(N)c1ccc(F)cc1F. The molecule has 0 aliphatic rings. The van der Waals surface area contributed by atoms with Crippen molar-refractivity contribution in [1.29, 1.82) is 0 Å². The van der Waals surface area contributed by atoms with Gasteiger partial charge in [-0.05, 0) is 13.0 Å². The van der Waals surface area contributed by atoms with Gasteiger partial charge in [-0.1, -0.05) is 6.07 Å². The van der Waals surface area contributed by atoms with Gasteiger partial charge in [-0.25, -0.2) is 13.8 Å². The largest absolute Gasteiger partial charge is 0.333 e. The van der Waals surface area contributed by atoms with Crippen molar-refractivity contribution in [3.8, 4) is 0 Å². The molecule has 2 N–H and O–H groups in total. The number of nitrogens with zero attached hydrogens (tertiary/aromatic N) is 2. The van der Waals surface area contributed by atoms with Gasteiger partial charge < -0.3 is 10.3 Å². The van der Waals surface area contributed by atoms with Gasteiger partial charge in [-0.2, -0.15) is 0 Å². The van der Waals surface area contributed by atoms with Gasteiger partial charge in [0.15, 0.2) is 0 Å². The van der Waals surface area contributed by atoms with Crippen molar-refractivity contribution in [3.05, 3.63) is 53.6 Å². The first-order valence-corrected chi connectivity index (χ1v) is 5.26. The van der Waals surface area contributed by atoms with E-state index in [-0.39, 0.29) is 0 Å². The number of rotatable bonds is 3. The summed E-state index contributed by atoms with van der Waals surface area (Å²) in [5.74, 6) is -0.407. The minimum absolute atomic E-state index is 0.305. The van der Waals surface area contributed by atoms with Crippen molar-refractivity contribution < 1.29 is 8.78 Å². The van der Waals surface area contributed by atoms with Crippen LogP contribution >= 0.6 is 0 Å². The Morgan fingerprint density at radius 2 is 2.18 bits per heavy atom. The van der Waals surface area contributed by atoms with E-state index in [2.05, 4.69) is 4.98 Å². The number of nitrogens with two attached hydrogens (primary N) is 1. The molecule has 90 valence electrons. The number of benzene rings is 1. The van der Waals surface area contributed by atoms with E-state index in [1.54, 1.807) is 12.4 Å². The molecule has 0 fully saturated rings. The first kappa shape index (κ1) is 11.7. The predicted molar refractivity (Wildman–Crippen MR) is 60.3 cm³/mol. The zero-order valence-corrected chi connectivity index (χ0v) is 9.40. The van der Waals surface area contributed by atoms with Crippen molar-refractivity contribution in [2.45, 2.75) is 19.5 Å². The molecule has 1 atom stereocenters. The minimum atomic E-state index is -0.615. The molecular formula is C12H13F2N3. The molecule has 0 aliphatic carbocycles. The van der Waals surface area contributed by atoms with Crippen LogP contribution < -0.4 is 5.73 Å². The monoisotopic (exact) mass is 237 g/mol. The molecule has 5 heteroatoms. The maximum absolute atomic E-state index is 13.5. The number of hydrogen-bond donors (Lipinski definition) is 1. The van der Waals surface area contributed by atoms with Crippen molar-refractivity contribution in [1.82, 2.24) is 9.55 Å². The van der Waals surface area contributed by atoms with Crippen LogP contribution in [0.2, 0.25) is 0 Å². The molecular weight excluding hydrogens is 224 g/mol. The van der Waals surface area contributed by atoms with E-state index >= 15 is 0 Å². The van der Waals surface area contributed by atoms with E-state index in [1.165, 1.54) is 12.1 Å². The van der Waals surface area contributed by atoms with Gasteiger partial charge in [-0.15, -0.1) is 0 Å². The van der Waals surface area contributed by atoms with Gasteiger partial charge in [0.1, 0.15) is 17.5 Å². The van der Waals surface area contributed by atoms with E-state index in [1.807, 2.05) is 11.5 Å². The highest BCUT2D eigenvalue weighted by Gasteiger charge is 2.13. The second-order valence-electron chi connectivity index (χ2n) is 3.90. The minimum Gasteiger partial charge on any atom is -0.333 e. The molecule has 3 nitrogen and oxygen atoms in total. The topological polar surface area (TPSA) is 43.8 Å². The molecule has 0 spiro atoms. The smallest absolute Gasteiger partial charge is 0.130 e. The Hall–Kier alpha value is -1.75. The van der Waals surface area contributed by atoms with E-state index in [0.717, 1.165) is 11.9 Å². The fourth-order valence-corrected chi connectivity index (χ4v) is 1.71. The summed E-state index contributed by atoms with van der Waals surface area (Å²) < 4.78 is 28.1. The molecule has 1 aromatic carbocycles. The number of hydrogen-bond acceptors (Lipinski definition) is 2. The van der Waals surface area contributed by atoms with Crippen molar-refractivity contribution >= 4 is 0 Å². The number of aryl methyl sites for hydroxylation is 1. The molecule has 0 saturated carbocycles. The maximum Gasteiger partial charge on any atom is 0.130 e. The van der Waals surface area contributed by atoms with Gasteiger partial charge in [-0.3, -0.25) is 0 Å². The first-order valence-electron chi connectivity index (χ1n) is 5.26. The highest BCUT2D eigenvalue weighted by Crippen LogP contribution is 2.18. The summed E-state index contributed by atoms with van der Waals surface area (Å²) in [6, 6.07) is 2.90. The third-order valence-electron chi connectivity index (χ3n) is 2.68. The lowest BCUT2D eigenvalue weighted by atomic mass is 10.1. The Bertz CT molecular complexity index is 522. The van der Waals surface area contributed by atoms with Crippen molar-refractivity contribution in [2.24, 2.45) is 5.73 Å². The summed E-state index contributed by atoms with van der Waals surface area (Å²) >= 11 is 0. The summed E-state index contributed by atoms with van der Waals surface area (Å²) in [6.07, 6.45) is 3.43. The zero-order valence-electron chi connectivity index (χ0n) is 9.40. The highest BCUT2D eigenvalue weighted by molar-refractivity contribution is 5.21. The average Bonchev–Trinajstić information content (AvgIpc) is 2.64. The second kappa shape index (κ2) is 4.63. The van der Waals surface area contributed by atoms with Gasteiger partial charge >= 0.3 is 0 Å². The Morgan fingerprint density at radius 3 is 2.76 bits per heavy atom. The van der Waals surface area contributed by atoms with Gasteiger partial charge in [0, 0.05) is 30.6 Å². The molecule has 1 unspecified atom stereocenters. The summed E-state index contributed by atoms with van der Waals surface area (Å²) in [6.45, 7) is 2.25. The Labute approximate surface area is 97.9 Å². The van der Waals surface area contributed by atoms with Crippen LogP contribution in [0.25, 0.3) is 0 Å². The predicted octanol–water partition coefficient (Wildman–Crippen LogP) is 2.17. The highest BCUT2D eigenvalue weighted by atomic mass is 19.1. The molecule has 0 aliphatic heterocycles. The van der Waals surface area contributed by atoms with E-state index in [4.69, 9.17) is 5.73 Å². The molecule has 0 radical (unpaired) electrons. The second-order valence-corrected chi connectivity index (χ2v) is 3.90. The van der Waals surface area contributed by atoms with Crippen LogP contribution in [0.5, 0.6) is 0 Å². The standard InChI is InChI=1S/C12H13F2N3/c1-8-16-4-5-17(8)7-12(15)10-3-2-9(13)6-11(10)14/h2-6,12H,7,15H2,1H3. The van der Waals surface area contributed by atoms with Gasteiger partial charge in [0.2, 0.25) is 0 Å². The number of imidazole rings is 1. The summed E-state index contributed by atoms with van der Waals surface area (Å²) in [5, 5.41) is 0. The summed E-state index contributed by atoms with van der Waals surface area (Å²) in [7, 11) is 0. The van der Waals surface area contributed by atoms with Crippen LogP contribution in [0.4, 0.5) is 8.78 Å². The summed E-state index contributed by atoms with van der Waals surface area (Å²) in [5.41, 5.74) is 6.20. The lowest BCUT2D eigenvalue weighted by Gasteiger charge is -2.14. The summed E-state index contributed by atoms with van der Waals surface area (Å²) in [4.78, 5) is 4.05. The van der Waals surface area contributed by atoms with Gasteiger partial charge in [0.25, 0.3) is 0 Å². The van der Waals surface area contributed by atoms with Crippen molar-refractivity contribution in [2.75, 3.05) is 0 Å². The Balaban J connectivity index is 2.20. The van der Waals surface area contributed by atoms with Crippen LogP contribution in [-0.4, -0.2) is 9.55 Å². The van der Waals surface area contributed by atoms with Crippen LogP contribution in [-0.2, 0) is 6.54 Å². The number of aromatic nitrogens is 2. The van der Waals surface area contributed by atoms with Crippen LogP contribution in [0.1, 0.15) is 17.4 Å². The molecule has 0 bridgehead atoms. The third kappa shape index (κ3) is 2.50. The molecule has 2 aromatic rings. The fraction of sp³-hybridized carbons (Fsp3) is 0.250. The van der Waals surface area contributed by atoms with Crippen LogP contribution in [0.3, 0.4) is 0 Å². The van der Waals surface area contributed by atoms with Crippen LogP contribution in [0.15, 0.2) is 30.6 Å². The zero-order chi connectivity index (χ0) is 12.4. The Morgan fingerprint density at radius 1 is 1.41 bits per heavy atom. The molecule has 2 rings (SSSR count). The van der Waals surface area contributed by atoms with E-state index < -0.39 is 17.7 Å². The fourth-order valence-electron chi connectivity index (χ4n) is 1.71. The lowest BCUT2D eigenvalue weighted by Crippen LogP contribution is -2.19. The molecule has 1 aromatic heterocycles. The molecule has 1 heterocycles. The molecule has 17 heavy (non-hydrogen) atoms. The maximum atomic E-state index is 13.5. The quantitative estimate of drug-likeness (QED) is 0.889. The molecule has 0 saturated heterocycles. The lowest BCUT2D eigenvalue weighted by molar-refractivity contribution is 0.516. The van der Waals surface area contributed by atoms with Crippen LogP contribution in [0, 0.1) is 18.6 Å². The first-order chi connectivity index (χ1) is 8.08. The normalized spacial score (nSPS) is 12.7. The van der Waals surface area contributed by atoms with E-state index in [0.29, 0.717) is 12.1 Å². The molecule has 0 amide bonds.